The van der Waals surface area contributed by atoms with Gasteiger partial charge >= 0.3 is 0 Å². The Bertz CT molecular complexity index is 583. The molecule has 0 radical (unpaired) electrons. The van der Waals surface area contributed by atoms with Gasteiger partial charge in [-0.1, -0.05) is 11.6 Å². The first-order valence-corrected chi connectivity index (χ1v) is 6.60. The van der Waals surface area contributed by atoms with Gasteiger partial charge in [0.15, 0.2) is 5.78 Å². The maximum atomic E-state index is 12.0. The van der Waals surface area contributed by atoms with E-state index >= 15 is 0 Å². The number of ketones is 1. The third-order valence-corrected chi connectivity index (χ3v) is 3.23. The number of nitrogens with zero attached hydrogens (tertiary/aromatic N) is 2. The van der Waals surface area contributed by atoms with Crippen molar-refractivity contribution >= 4 is 40.0 Å². The van der Waals surface area contributed by atoms with Gasteiger partial charge < -0.3 is 4.74 Å². The summed E-state index contributed by atoms with van der Waals surface area (Å²) in [5, 5.41) is 4.50. The monoisotopic (exact) mass is 376 g/mol. The fourth-order valence-corrected chi connectivity index (χ4v) is 2.21. The van der Waals surface area contributed by atoms with Crippen molar-refractivity contribution in [3.05, 3.63) is 44.7 Å². The van der Waals surface area contributed by atoms with Gasteiger partial charge in [-0.25, -0.2) is 0 Å². The normalized spacial score (nSPS) is 10.4. The maximum Gasteiger partial charge on any atom is 0.184 e. The number of rotatable bonds is 4. The first-order chi connectivity index (χ1) is 8.60. The van der Waals surface area contributed by atoms with Gasteiger partial charge in [0.05, 0.1) is 21.9 Å². The van der Waals surface area contributed by atoms with Gasteiger partial charge in [-0.2, -0.15) is 5.10 Å². The van der Waals surface area contributed by atoms with E-state index in [1.54, 1.807) is 29.1 Å². The van der Waals surface area contributed by atoms with Crippen LogP contribution < -0.4 is 4.74 Å². The molecule has 0 aliphatic carbocycles. The van der Waals surface area contributed by atoms with Crippen LogP contribution in [0.3, 0.4) is 0 Å². The first-order valence-electron chi connectivity index (χ1n) is 5.15. The van der Waals surface area contributed by atoms with Crippen molar-refractivity contribution in [2.75, 3.05) is 7.11 Å². The zero-order chi connectivity index (χ0) is 13.1. The molecule has 0 atom stereocenters. The lowest BCUT2D eigenvalue weighted by Gasteiger charge is -2.05. The van der Waals surface area contributed by atoms with Crippen LogP contribution in [-0.2, 0) is 6.54 Å². The summed E-state index contributed by atoms with van der Waals surface area (Å²) < 4.78 is 7.63. The summed E-state index contributed by atoms with van der Waals surface area (Å²) in [6, 6.07) is 4.99. The average Bonchev–Trinajstić information content (AvgIpc) is 2.74. The number of ether oxygens (including phenoxy) is 1. The molecule has 0 aliphatic heterocycles. The van der Waals surface area contributed by atoms with Crippen LogP contribution in [-0.4, -0.2) is 22.7 Å². The van der Waals surface area contributed by atoms with Gasteiger partial charge in [-0.3, -0.25) is 9.48 Å². The van der Waals surface area contributed by atoms with E-state index in [4.69, 9.17) is 16.3 Å². The molecule has 1 aromatic carbocycles. The number of aromatic nitrogens is 2. The van der Waals surface area contributed by atoms with E-state index in [9.17, 15) is 4.79 Å². The second-order valence-corrected chi connectivity index (χ2v) is 5.28. The lowest BCUT2D eigenvalue weighted by Crippen LogP contribution is -2.10. The molecule has 4 nitrogen and oxygen atoms in total. The van der Waals surface area contributed by atoms with Gasteiger partial charge in [0.25, 0.3) is 0 Å². The molecule has 2 aromatic rings. The molecule has 0 aliphatic rings. The zero-order valence-electron chi connectivity index (χ0n) is 9.56. The quantitative estimate of drug-likeness (QED) is 0.608. The number of benzene rings is 1. The van der Waals surface area contributed by atoms with Gasteiger partial charge in [0.1, 0.15) is 12.3 Å². The number of Topliss-reactive ketones (excluding diaryl/α,β-unsaturated/α-hetero) is 1. The van der Waals surface area contributed by atoms with Gasteiger partial charge in [0.2, 0.25) is 0 Å². The van der Waals surface area contributed by atoms with E-state index in [2.05, 4.69) is 27.7 Å². The zero-order valence-corrected chi connectivity index (χ0v) is 12.5. The Balaban J connectivity index is 2.16. The smallest absolute Gasteiger partial charge is 0.184 e. The van der Waals surface area contributed by atoms with E-state index in [0.717, 1.165) is 3.57 Å². The lowest BCUT2D eigenvalue weighted by molar-refractivity contribution is 0.0967. The molecule has 94 valence electrons. The molecule has 0 saturated carbocycles. The molecule has 0 bridgehead atoms. The SMILES string of the molecule is COc1ccc(C(=O)Cn2cc(I)cn2)cc1Cl. The number of methoxy groups -OCH3 is 1. The van der Waals surface area contributed by atoms with Crippen molar-refractivity contribution in [2.24, 2.45) is 0 Å². The van der Waals surface area contributed by atoms with Crippen molar-refractivity contribution in [3.63, 3.8) is 0 Å². The van der Waals surface area contributed by atoms with Gasteiger partial charge in [-0.15, -0.1) is 0 Å². The molecular weight excluding hydrogens is 367 g/mol. The summed E-state index contributed by atoms with van der Waals surface area (Å²) in [7, 11) is 1.54. The van der Waals surface area contributed by atoms with Crippen LogP contribution in [0.1, 0.15) is 10.4 Å². The first kappa shape index (κ1) is 13.4. The Kier molecular flexibility index (Phi) is 4.23. The molecule has 6 heteroatoms. The van der Waals surface area contributed by atoms with Gasteiger partial charge in [0, 0.05) is 11.8 Å². The standard InChI is InChI=1S/C12H10ClIN2O2/c1-18-12-3-2-8(4-10(12)13)11(17)7-16-6-9(14)5-15-16/h2-6H,7H2,1H3. The summed E-state index contributed by atoms with van der Waals surface area (Å²) in [4.78, 5) is 12.0. The summed E-state index contributed by atoms with van der Waals surface area (Å²) >= 11 is 8.12. The van der Waals surface area contributed by atoms with Crippen LogP contribution in [0, 0.1) is 3.57 Å². The molecule has 18 heavy (non-hydrogen) atoms. The molecule has 1 heterocycles. The van der Waals surface area contributed by atoms with Gasteiger partial charge in [-0.05, 0) is 40.8 Å². The topological polar surface area (TPSA) is 44.1 Å². The van der Waals surface area contributed by atoms with Crippen LogP contribution in [0.5, 0.6) is 5.75 Å². The highest BCUT2D eigenvalue weighted by Gasteiger charge is 2.10. The van der Waals surface area contributed by atoms with Crippen LogP contribution in [0.4, 0.5) is 0 Å². The minimum Gasteiger partial charge on any atom is -0.495 e. The van der Waals surface area contributed by atoms with Crippen LogP contribution in [0.2, 0.25) is 5.02 Å². The fourth-order valence-electron chi connectivity index (χ4n) is 1.50. The highest BCUT2D eigenvalue weighted by molar-refractivity contribution is 14.1. The lowest BCUT2D eigenvalue weighted by atomic mass is 10.1. The summed E-state index contributed by atoms with van der Waals surface area (Å²) in [5.41, 5.74) is 0.548. The second kappa shape index (κ2) is 5.71. The van der Waals surface area contributed by atoms with Crippen molar-refractivity contribution in [1.29, 1.82) is 0 Å². The number of hydrogen-bond donors (Lipinski definition) is 0. The van der Waals surface area contributed by atoms with Crippen LogP contribution in [0.15, 0.2) is 30.6 Å². The molecule has 0 saturated heterocycles. The van der Waals surface area contributed by atoms with E-state index < -0.39 is 0 Å². The summed E-state index contributed by atoms with van der Waals surface area (Å²) in [6.07, 6.45) is 3.51. The minimum absolute atomic E-state index is 0.0425. The predicted octanol–water partition coefficient (Wildman–Crippen LogP) is 3.03. The van der Waals surface area contributed by atoms with E-state index in [1.807, 2.05) is 6.20 Å². The van der Waals surface area contributed by atoms with Crippen molar-refractivity contribution in [2.45, 2.75) is 6.54 Å². The van der Waals surface area contributed by atoms with E-state index in [0.29, 0.717) is 16.3 Å². The third-order valence-electron chi connectivity index (χ3n) is 2.38. The molecular formula is C12H10ClIN2O2. The fraction of sp³-hybridized carbons (Fsp3) is 0.167. The number of carbonyl (C=O) groups excluding carboxylic acids is 1. The molecule has 1 aromatic heterocycles. The van der Waals surface area contributed by atoms with E-state index in [1.165, 1.54) is 7.11 Å². The van der Waals surface area contributed by atoms with E-state index in [-0.39, 0.29) is 12.3 Å². The Morgan fingerprint density at radius 2 is 2.33 bits per heavy atom. The Hall–Kier alpha value is -1.08. The largest absolute Gasteiger partial charge is 0.495 e. The highest BCUT2D eigenvalue weighted by atomic mass is 127. The molecule has 2 rings (SSSR count). The average molecular weight is 377 g/mol. The van der Waals surface area contributed by atoms with Crippen molar-refractivity contribution < 1.29 is 9.53 Å². The Morgan fingerprint density at radius 3 is 2.89 bits per heavy atom. The molecule has 0 N–H and O–H groups in total. The number of carbonyl (C=O) groups is 1. The predicted molar refractivity (Wildman–Crippen MR) is 77.3 cm³/mol. The minimum atomic E-state index is -0.0425. The number of hydrogen-bond acceptors (Lipinski definition) is 3. The Labute approximate surface area is 123 Å². The summed E-state index contributed by atoms with van der Waals surface area (Å²) in [5.74, 6) is 0.515. The van der Waals surface area contributed by atoms with Crippen molar-refractivity contribution in [1.82, 2.24) is 9.78 Å². The van der Waals surface area contributed by atoms with Crippen LogP contribution >= 0.6 is 34.2 Å². The molecule has 0 fully saturated rings. The second-order valence-electron chi connectivity index (χ2n) is 3.63. The highest BCUT2D eigenvalue weighted by Crippen LogP contribution is 2.25. The third kappa shape index (κ3) is 3.02. The van der Waals surface area contributed by atoms with Crippen LogP contribution in [0.25, 0.3) is 0 Å². The molecule has 0 amide bonds. The van der Waals surface area contributed by atoms with Crippen molar-refractivity contribution in [3.8, 4) is 5.75 Å². The number of halogens is 2. The maximum absolute atomic E-state index is 12.0. The Morgan fingerprint density at radius 1 is 1.56 bits per heavy atom. The molecule has 0 unspecified atom stereocenters. The molecule has 0 spiro atoms. The summed E-state index contributed by atoms with van der Waals surface area (Å²) in [6.45, 7) is 0.200.